The normalized spacial score (nSPS) is 13.0. The van der Waals surface area contributed by atoms with Gasteiger partial charge in [0.1, 0.15) is 10.7 Å². The van der Waals surface area contributed by atoms with E-state index in [-0.39, 0.29) is 6.54 Å². The number of sulfonamides is 1. The molecule has 2 N–H and O–H groups in total. The minimum absolute atomic E-state index is 0.175. The Bertz CT molecular complexity index is 689. The van der Waals surface area contributed by atoms with Crippen LogP contribution in [0.25, 0.3) is 0 Å². The van der Waals surface area contributed by atoms with Gasteiger partial charge in [0.2, 0.25) is 10.0 Å². The number of rotatable bonds is 6. The van der Waals surface area contributed by atoms with Crippen molar-refractivity contribution in [1.29, 1.82) is 0 Å². The summed E-state index contributed by atoms with van der Waals surface area (Å²) in [5.74, 6) is -0.817. The highest BCUT2D eigenvalue weighted by Crippen LogP contribution is 2.13. The fourth-order valence-corrected chi connectivity index (χ4v) is 3.05. The van der Waals surface area contributed by atoms with Crippen molar-refractivity contribution in [2.24, 2.45) is 0 Å². The fraction of sp³-hybridized carbons (Fsp3) is 0.200. The molecule has 0 amide bonds. The molecule has 0 unspecified atom stereocenters. The SMILES string of the molecule is O=S(=O)(NC[C@H](O)Cc1ccccc1)c1ccccc1F. The predicted molar refractivity (Wildman–Crippen MR) is 77.7 cm³/mol. The molecule has 6 heteroatoms. The van der Waals surface area contributed by atoms with Crippen LogP contribution in [0.3, 0.4) is 0 Å². The van der Waals surface area contributed by atoms with E-state index in [1.165, 1.54) is 18.2 Å². The summed E-state index contributed by atoms with van der Waals surface area (Å²) in [5.41, 5.74) is 0.898. The van der Waals surface area contributed by atoms with Crippen molar-refractivity contribution in [3.63, 3.8) is 0 Å². The van der Waals surface area contributed by atoms with Crippen LogP contribution in [-0.4, -0.2) is 26.2 Å². The Morgan fingerprint density at radius 2 is 1.67 bits per heavy atom. The molecule has 2 rings (SSSR count). The summed E-state index contributed by atoms with van der Waals surface area (Å²) in [7, 11) is -3.96. The van der Waals surface area contributed by atoms with Gasteiger partial charge >= 0.3 is 0 Å². The van der Waals surface area contributed by atoms with Gasteiger partial charge in [-0.25, -0.2) is 17.5 Å². The van der Waals surface area contributed by atoms with Gasteiger partial charge in [-0.05, 0) is 24.1 Å². The molecule has 0 spiro atoms. The second-order valence-electron chi connectivity index (χ2n) is 4.63. The minimum Gasteiger partial charge on any atom is -0.391 e. The molecule has 0 aromatic heterocycles. The lowest BCUT2D eigenvalue weighted by molar-refractivity contribution is 0.179. The van der Waals surface area contributed by atoms with Crippen LogP contribution in [0.1, 0.15) is 5.56 Å². The molecule has 0 aliphatic heterocycles. The Kier molecular flexibility index (Phi) is 5.06. The Morgan fingerprint density at radius 3 is 2.33 bits per heavy atom. The van der Waals surface area contributed by atoms with Crippen molar-refractivity contribution >= 4 is 10.0 Å². The van der Waals surface area contributed by atoms with Crippen LogP contribution in [0, 0.1) is 5.82 Å². The molecule has 4 nitrogen and oxygen atoms in total. The number of nitrogens with one attached hydrogen (secondary N) is 1. The zero-order valence-corrected chi connectivity index (χ0v) is 12.1. The highest BCUT2D eigenvalue weighted by Gasteiger charge is 2.19. The maximum absolute atomic E-state index is 13.5. The molecule has 2 aromatic carbocycles. The summed E-state index contributed by atoms with van der Waals surface area (Å²) in [6, 6.07) is 14.3. The number of hydrogen-bond donors (Lipinski definition) is 2. The average molecular weight is 309 g/mol. The van der Waals surface area contributed by atoms with Gasteiger partial charge in [-0.15, -0.1) is 0 Å². The second-order valence-corrected chi connectivity index (χ2v) is 6.36. The van der Waals surface area contributed by atoms with Gasteiger partial charge in [-0.2, -0.15) is 0 Å². The number of benzene rings is 2. The van der Waals surface area contributed by atoms with Crippen molar-refractivity contribution in [3.8, 4) is 0 Å². The molecule has 0 bridgehead atoms. The van der Waals surface area contributed by atoms with Gasteiger partial charge in [-0.1, -0.05) is 42.5 Å². The molecular weight excluding hydrogens is 293 g/mol. The lowest BCUT2D eigenvalue weighted by atomic mass is 10.1. The van der Waals surface area contributed by atoms with Crippen LogP contribution < -0.4 is 4.72 Å². The monoisotopic (exact) mass is 309 g/mol. The Labute approximate surface area is 123 Å². The maximum atomic E-state index is 13.5. The van der Waals surface area contributed by atoms with E-state index in [0.717, 1.165) is 11.6 Å². The molecule has 2 aromatic rings. The van der Waals surface area contributed by atoms with E-state index in [1.807, 2.05) is 30.3 Å². The second kappa shape index (κ2) is 6.80. The van der Waals surface area contributed by atoms with E-state index in [1.54, 1.807) is 0 Å². The fourth-order valence-electron chi connectivity index (χ4n) is 1.90. The van der Waals surface area contributed by atoms with Crippen molar-refractivity contribution in [3.05, 3.63) is 66.0 Å². The summed E-state index contributed by atoms with van der Waals surface area (Å²) in [6.45, 7) is -0.175. The molecule has 21 heavy (non-hydrogen) atoms. The zero-order valence-electron chi connectivity index (χ0n) is 11.2. The van der Waals surface area contributed by atoms with Crippen molar-refractivity contribution in [2.45, 2.75) is 17.4 Å². The van der Waals surface area contributed by atoms with E-state index in [4.69, 9.17) is 0 Å². The van der Waals surface area contributed by atoms with Gasteiger partial charge in [-0.3, -0.25) is 0 Å². The average Bonchev–Trinajstić information content (AvgIpc) is 2.47. The van der Waals surface area contributed by atoms with Crippen LogP contribution in [-0.2, 0) is 16.4 Å². The van der Waals surface area contributed by atoms with E-state index < -0.39 is 26.8 Å². The van der Waals surface area contributed by atoms with Crippen molar-refractivity contribution < 1.29 is 17.9 Å². The number of aliphatic hydroxyl groups is 1. The first-order valence-corrected chi connectivity index (χ1v) is 7.93. The summed E-state index contributed by atoms with van der Waals surface area (Å²) in [4.78, 5) is -0.420. The van der Waals surface area contributed by atoms with Crippen LogP contribution in [0.4, 0.5) is 4.39 Å². The number of hydrogen-bond acceptors (Lipinski definition) is 3. The van der Waals surface area contributed by atoms with Crippen LogP contribution in [0.2, 0.25) is 0 Å². The van der Waals surface area contributed by atoms with Gasteiger partial charge < -0.3 is 5.11 Å². The first-order valence-electron chi connectivity index (χ1n) is 6.45. The molecule has 0 heterocycles. The predicted octanol–water partition coefficient (Wildman–Crippen LogP) is 1.71. The first kappa shape index (κ1) is 15.6. The molecule has 112 valence electrons. The topological polar surface area (TPSA) is 66.4 Å². The standard InChI is InChI=1S/C15H16FNO3S/c16-14-8-4-5-9-15(14)21(19,20)17-11-13(18)10-12-6-2-1-3-7-12/h1-9,13,17-18H,10-11H2/t13-/m1/s1. The molecule has 0 fully saturated rings. The highest BCUT2D eigenvalue weighted by atomic mass is 32.2. The Hall–Kier alpha value is -1.76. The van der Waals surface area contributed by atoms with Gasteiger partial charge in [0.05, 0.1) is 6.10 Å². The first-order chi connectivity index (χ1) is 9.99. The van der Waals surface area contributed by atoms with E-state index in [0.29, 0.717) is 6.42 Å². The summed E-state index contributed by atoms with van der Waals surface area (Å²) < 4.78 is 39.6. The Morgan fingerprint density at radius 1 is 1.05 bits per heavy atom. The van der Waals surface area contributed by atoms with Crippen LogP contribution in [0.5, 0.6) is 0 Å². The van der Waals surface area contributed by atoms with E-state index in [2.05, 4.69) is 4.72 Å². The maximum Gasteiger partial charge on any atom is 0.243 e. The molecule has 0 radical (unpaired) electrons. The molecular formula is C15H16FNO3S. The summed E-state index contributed by atoms with van der Waals surface area (Å²) in [6.07, 6.45) is -0.561. The third-order valence-electron chi connectivity index (χ3n) is 2.95. The quantitative estimate of drug-likeness (QED) is 0.853. The summed E-state index contributed by atoms with van der Waals surface area (Å²) >= 11 is 0. The Balaban J connectivity index is 1.97. The smallest absolute Gasteiger partial charge is 0.243 e. The number of halogens is 1. The van der Waals surface area contributed by atoms with Gasteiger partial charge in [0.25, 0.3) is 0 Å². The minimum atomic E-state index is -3.96. The van der Waals surface area contributed by atoms with Crippen LogP contribution >= 0.6 is 0 Å². The number of aliphatic hydroxyl groups excluding tert-OH is 1. The lowest BCUT2D eigenvalue weighted by Crippen LogP contribution is -2.33. The zero-order chi connectivity index (χ0) is 15.3. The molecule has 0 saturated heterocycles. The van der Waals surface area contributed by atoms with Crippen molar-refractivity contribution in [2.75, 3.05) is 6.54 Å². The largest absolute Gasteiger partial charge is 0.391 e. The molecule has 0 saturated carbocycles. The van der Waals surface area contributed by atoms with E-state index in [9.17, 15) is 17.9 Å². The lowest BCUT2D eigenvalue weighted by Gasteiger charge is -2.12. The third kappa shape index (κ3) is 4.35. The third-order valence-corrected chi connectivity index (χ3v) is 4.41. The van der Waals surface area contributed by atoms with Crippen molar-refractivity contribution in [1.82, 2.24) is 4.72 Å². The highest BCUT2D eigenvalue weighted by molar-refractivity contribution is 7.89. The molecule has 0 aliphatic carbocycles. The van der Waals surface area contributed by atoms with Gasteiger partial charge in [0, 0.05) is 6.54 Å². The van der Waals surface area contributed by atoms with Gasteiger partial charge in [0.15, 0.2) is 0 Å². The van der Waals surface area contributed by atoms with E-state index >= 15 is 0 Å². The molecule has 0 aliphatic rings. The van der Waals surface area contributed by atoms with Crippen LogP contribution in [0.15, 0.2) is 59.5 Å². The molecule has 1 atom stereocenters. The summed E-state index contributed by atoms with van der Waals surface area (Å²) in [5, 5.41) is 9.86.